The minimum atomic E-state index is -1.76. The van der Waals surface area contributed by atoms with Gasteiger partial charge in [0.15, 0.2) is 8.32 Å². The van der Waals surface area contributed by atoms with Crippen molar-refractivity contribution in [2.24, 2.45) is 34.5 Å². The predicted octanol–water partition coefficient (Wildman–Crippen LogP) is 8.31. The summed E-state index contributed by atoms with van der Waals surface area (Å²) >= 11 is 0. The van der Waals surface area contributed by atoms with Crippen LogP contribution in [0, 0.1) is 34.5 Å². The molecule has 4 fully saturated rings. The van der Waals surface area contributed by atoms with Crippen LogP contribution in [-0.4, -0.2) is 19.5 Å². The van der Waals surface area contributed by atoms with Gasteiger partial charge in [0.25, 0.3) is 0 Å². The zero-order valence-corrected chi connectivity index (χ0v) is 24.0. The van der Waals surface area contributed by atoms with Gasteiger partial charge < -0.3 is 9.53 Å². The highest BCUT2D eigenvalue weighted by Gasteiger charge is 2.62. The van der Waals surface area contributed by atoms with Crippen LogP contribution in [-0.2, 0) is 10.0 Å². The standard InChI is InChI=1S/C31H50O2Si/c1-28(2,3)34(6,7)33-27-16-15-25-24-14-13-23-21-31(32,22-11-9-8-10-12-22)20-19-29(23,4)26(24)17-18-30(25,27)5/h8-12,23-27,32H,13-21H2,1-7H3/t23?,24-,25-,26-,27-,29-,30-,31+/m0/s1. The normalized spacial score (nSPS) is 44.8. The molecule has 0 radical (unpaired) electrons. The van der Waals surface area contributed by atoms with Crippen LogP contribution in [0.15, 0.2) is 30.3 Å². The van der Waals surface area contributed by atoms with E-state index in [1.807, 2.05) is 0 Å². The molecular weight excluding hydrogens is 432 g/mol. The third-order valence-electron chi connectivity index (χ3n) is 12.2. The lowest BCUT2D eigenvalue weighted by Gasteiger charge is -2.62. The van der Waals surface area contributed by atoms with Crippen LogP contribution in [0.1, 0.15) is 98.0 Å². The molecule has 4 saturated carbocycles. The van der Waals surface area contributed by atoms with Gasteiger partial charge in [-0.05, 0) is 116 Å². The molecule has 0 spiro atoms. The molecule has 0 aromatic heterocycles. The van der Waals surface area contributed by atoms with Crippen molar-refractivity contribution < 1.29 is 9.53 Å². The van der Waals surface area contributed by atoms with Gasteiger partial charge in [0.2, 0.25) is 0 Å². The quantitative estimate of drug-likeness (QED) is 0.439. The second-order valence-corrected chi connectivity index (χ2v) is 19.5. The summed E-state index contributed by atoms with van der Waals surface area (Å²) in [5.74, 6) is 3.17. The van der Waals surface area contributed by atoms with Gasteiger partial charge in [-0.25, -0.2) is 0 Å². The highest BCUT2D eigenvalue weighted by atomic mass is 28.4. The average molecular weight is 483 g/mol. The minimum Gasteiger partial charge on any atom is -0.413 e. The number of fused-ring (bicyclic) bond motifs is 5. The number of benzene rings is 1. The molecule has 0 heterocycles. The van der Waals surface area contributed by atoms with Gasteiger partial charge in [0, 0.05) is 0 Å². The lowest BCUT2D eigenvalue weighted by molar-refractivity contribution is -0.156. The van der Waals surface area contributed by atoms with Crippen LogP contribution < -0.4 is 0 Å². The van der Waals surface area contributed by atoms with E-state index in [9.17, 15) is 5.11 Å². The summed E-state index contributed by atoms with van der Waals surface area (Å²) in [4.78, 5) is 0. The Morgan fingerprint density at radius 3 is 2.21 bits per heavy atom. The SMILES string of the molecule is CC(C)(C)[Si](C)(C)O[C@H]1CC[C@H]2[C@@H]3CCC4C[C@@](O)(c5ccccc5)CC[C@]4(C)[C@H]3CC[C@]12C. The lowest BCUT2D eigenvalue weighted by Crippen LogP contribution is -2.56. The van der Waals surface area contributed by atoms with Crippen LogP contribution in [0.2, 0.25) is 18.1 Å². The van der Waals surface area contributed by atoms with E-state index in [-0.39, 0.29) is 5.04 Å². The molecule has 34 heavy (non-hydrogen) atoms. The van der Waals surface area contributed by atoms with Crippen molar-refractivity contribution in [2.45, 2.75) is 122 Å². The Labute approximate surface area is 210 Å². The lowest BCUT2D eigenvalue weighted by atomic mass is 9.44. The molecule has 4 aliphatic rings. The van der Waals surface area contributed by atoms with E-state index in [1.54, 1.807) is 0 Å². The Bertz CT molecular complexity index is 890. The van der Waals surface area contributed by atoms with E-state index >= 15 is 0 Å². The van der Waals surface area contributed by atoms with E-state index < -0.39 is 13.9 Å². The van der Waals surface area contributed by atoms with E-state index in [1.165, 1.54) is 44.9 Å². The first-order chi connectivity index (χ1) is 15.8. The van der Waals surface area contributed by atoms with Gasteiger partial charge >= 0.3 is 0 Å². The van der Waals surface area contributed by atoms with Gasteiger partial charge in [-0.2, -0.15) is 0 Å². The fourth-order valence-electron chi connectivity index (χ4n) is 8.93. The summed E-state index contributed by atoms with van der Waals surface area (Å²) in [6.07, 6.45) is 11.5. The van der Waals surface area contributed by atoms with Crippen molar-refractivity contribution >= 4 is 8.32 Å². The maximum Gasteiger partial charge on any atom is 0.192 e. The summed E-state index contributed by atoms with van der Waals surface area (Å²) in [6, 6.07) is 10.5. The van der Waals surface area contributed by atoms with Crippen molar-refractivity contribution in [1.29, 1.82) is 0 Å². The van der Waals surface area contributed by atoms with Crippen LogP contribution in [0.25, 0.3) is 0 Å². The van der Waals surface area contributed by atoms with Gasteiger partial charge in [-0.3, -0.25) is 0 Å². The third-order valence-corrected chi connectivity index (χ3v) is 16.7. The molecule has 0 aliphatic heterocycles. The average Bonchev–Trinajstić information content (AvgIpc) is 3.10. The Balaban J connectivity index is 1.34. The zero-order valence-electron chi connectivity index (χ0n) is 23.0. The number of rotatable bonds is 3. The molecule has 1 N–H and O–H groups in total. The van der Waals surface area contributed by atoms with Crippen molar-refractivity contribution in [3.8, 4) is 0 Å². The molecule has 0 saturated heterocycles. The molecule has 1 aromatic rings. The summed E-state index contributed by atoms with van der Waals surface area (Å²) in [6.45, 7) is 17.2. The van der Waals surface area contributed by atoms with E-state index in [4.69, 9.17) is 4.43 Å². The Morgan fingerprint density at radius 1 is 0.853 bits per heavy atom. The Kier molecular flexibility index (Phi) is 6.02. The molecular formula is C31H50O2Si. The second-order valence-electron chi connectivity index (χ2n) is 14.7. The molecule has 0 amide bonds. The topological polar surface area (TPSA) is 29.5 Å². The van der Waals surface area contributed by atoms with Crippen molar-refractivity contribution in [2.75, 3.05) is 0 Å². The molecule has 1 aromatic carbocycles. The first-order valence-corrected chi connectivity index (χ1v) is 17.2. The first-order valence-electron chi connectivity index (χ1n) is 14.3. The number of hydrogen-bond donors (Lipinski definition) is 1. The number of hydrogen-bond acceptors (Lipinski definition) is 2. The fraction of sp³-hybridized carbons (Fsp3) is 0.806. The van der Waals surface area contributed by atoms with Crippen LogP contribution >= 0.6 is 0 Å². The van der Waals surface area contributed by atoms with Crippen LogP contribution in [0.5, 0.6) is 0 Å². The first kappa shape index (κ1) is 25.0. The molecule has 190 valence electrons. The third kappa shape index (κ3) is 3.79. The Morgan fingerprint density at radius 2 is 1.53 bits per heavy atom. The molecule has 2 nitrogen and oxygen atoms in total. The highest BCUT2D eigenvalue weighted by molar-refractivity contribution is 6.74. The summed E-state index contributed by atoms with van der Waals surface area (Å²) in [5, 5.41) is 12.0. The van der Waals surface area contributed by atoms with Crippen LogP contribution in [0.4, 0.5) is 0 Å². The fourth-order valence-corrected chi connectivity index (χ4v) is 10.4. The van der Waals surface area contributed by atoms with Crippen molar-refractivity contribution in [3.63, 3.8) is 0 Å². The van der Waals surface area contributed by atoms with E-state index in [0.29, 0.717) is 22.9 Å². The summed E-state index contributed by atoms with van der Waals surface area (Å²) < 4.78 is 7.13. The largest absolute Gasteiger partial charge is 0.413 e. The van der Waals surface area contributed by atoms with Gasteiger partial charge in [0.05, 0.1) is 11.7 Å². The molecule has 8 atom stereocenters. The summed E-state index contributed by atoms with van der Waals surface area (Å²) in [7, 11) is -1.76. The van der Waals surface area contributed by atoms with Gasteiger partial charge in [0.1, 0.15) is 0 Å². The summed E-state index contributed by atoms with van der Waals surface area (Å²) in [5.41, 5.74) is 1.26. The maximum absolute atomic E-state index is 11.7. The molecule has 1 unspecified atom stereocenters. The predicted molar refractivity (Wildman–Crippen MR) is 144 cm³/mol. The van der Waals surface area contributed by atoms with Crippen molar-refractivity contribution in [1.82, 2.24) is 0 Å². The number of aliphatic hydroxyl groups is 1. The van der Waals surface area contributed by atoms with Crippen molar-refractivity contribution in [3.05, 3.63) is 35.9 Å². The van der Waals surface area contributed by atoms with Gasteiger partial charge in [-0.1, -0.05) is 65.0 Å². The molecule has 4 aliphatic carbocycles. The molecule has 0 bridgehead atoms. The van der Waals surface area contributed by atoms with Gasteiger partial charge in [-0.15, -0.1) is 0 Å². The minimum absolute atomic E-state index is 0.280. The van der Waals surface area contributed by atoms with Crippen LogP contribution in [0.3, 0.4) is 0 Å². The maximum atomic E-state index is 11.7. The van der Waals surface area contributed by atoms with E-state index in [0.717, 1.165) is 36.2 Å². The smallest absolute Gasteiger partial charge is 0.192 e. The highest BCUT2D eigenvalue weighted by Crippen LogP contribution is 2.68. The zero-order chi connectivity index (χ0) is 24.6. The van der Waals surface area contributed by atoms with E-state index in [2.05, 4.69) is 78.0 Å². The molecule has 5 rings (SSSR count). The second kappa shape index (κ2) is 8.18. The molecule has 3 heteroatoms. The Hall–Kier alpha value is -0.643. The monoisotopic (exact) mass is 482 g/mol.